The molecule has 3 rings (SSSR count). The fraction of sp³-hybridized carbons (Fsp3) is 0.500. The monoisotopic (exact) mass is 270 g/mol. The Morgan fingerprint density at radius 3 is 2.60 bits per heavy atom. The molecule has 1 aromatic heterocycles. The van der Waals surface area contributed by atoms with E-state index in [1.807, 2.05) is 30.5 Å². The van der Waals surface area contributed by atoms with Crippen molar-refractivity contribution in [2.75, 3.05) is 32.7 Å². The molecule has 0 aliphatic carbocycles. The van der Waals surface area contributed by atoms with E-state index in [1.54, 1.807) is 0 Å². The van der Waals surface area contributed by atoms with Gasteiger partial charge in [-0.3, -0.25) is 9.88 Å². The summed E-state index contributed by atoms with van der Waals surface area (Å²) in [6.07, 6.45) is 3.17. The number of hydrogen-bond donors (Lipinski definition) is 0. The SMILES string of the molecule is CCN1CCCN(Cc2cnc3ccccc3n2)CC1. The molecule has 0 spiro atoms. The first kappa shape index (κ1) is 13.5. The lowest BCUT2D eigenvalue weighted by molar-refractivity contribution is 0.255. The minimum atomic E-state index is 0.912. The molecule has 1 aromatic carbocycles. The number of likely N-dealkylation sites (N-methyl/N-ethyl adjacent to an activating group) is 1. The van der Waals surface area contributed by atoms with E-state index in [4.69, 9.17) is 4.98 Å². The lowest BCUT2D eigenvalue weighted by atomic mass is 10.3. The summed E-state index contributed by atoms with van der Waals surface area (Å²) in [6, 6.07) is 8.07. The van der Waals surface area contributed by atoms with E-state index in [0.717, 1.165) is 49.5 Å². The third kappa shape index (κ3) is 3.14. The average molecular weight is 270 g/mol. The first-order valence-electron chi connectivity index (χ1n) is 7.50. The first-order chi connectivity index (χ1) is 9.85. The van der Waals surface area contributed by atoms with Crippen LogP contribution in [-0.2, 0) is 6.54 Å². The highest BCUT2D eigenvalue weighted by molar-refractivity contribution is 5.73. The van der Waals surface area contributed by atoms with E-state index >= 15 is 0 Å². The Balaban J connectivity index is 1.69. The predicted molar refractivity (Wildman–Crippen MR) is 81.5 cm³/mol. The molecule has 1 saturated heterocycles. The van der Waals surface area contributed by atoms with Crippen LogP contribution in [0, 0.1) is 0 Å². The van der Waals surface area contributed by atoms with Crippen LogP contribution >= 0.6 is 0 Å². The normalized spacial score (nSPS) is 18.2. The first-order valence-corrected chi connectivity index (χ1v) is 7.50. The van der Waals surface area contributed by atoms with Crippen molar-refractivity contribution in [2.24, 2.45) is 0 Å². The van der Waals surface area contributed by atoms with Gasteiger partial charge >= 0.3 is 0 Å². The molecule has 0 atom stereocenters. The van der Waals surface area contributed by atoms with Gasteiger partial charge in [0.2, 0.25) is 0 Å². The topological polar surface area (TPSA) is 32.3 Å². The van der Waals surface area contributed by atoms with Gasteiger partial charge in [-0.1, -0.05) is 19.1 Å². The Bertz CT molecular complexity index is 569. The Hall–Kier alpha value is -1.52. The zero-order valence-corrected chi connectivity index (χ0v) is 12.1. The van der Waals surface area contributed by atoms with Gasteiger partial charge in [0.25, 0.3) is 0 Å². The van der Waals surface area contributed by atoms with Crippen LogP contribution in [0.15, 0.2) is 30.5 Å². The molecule has 1 fully saturated rings. The molecule has 2 aromatic rings. The maximum absolute atomic E-state index is 4.72. The van der Waals surface area contributed by atoms with Crippen molar-refractivity contribution in [2.45, 2.75) is 19.9 Å². The van der Waals surface area contributed by atoms with E-state index in [9.17, 15) is 0 Å². The second kappa shape index (κ2) is 6.29. The maximum Gasteiger partial charge on any atom is 0.0890 e. The summed E-state index contributed by atoms with van der Waals surface area (Å²) in [7, 11) is 0. The zero-order chi connectivity index (χ0) is 13.8. The van der Waals surface area contributed by atoms with Crippen LogP contribution < -0.4 is 0 Å². The van der Waals surface area contributed by atoms with Crippen LogP contribution in [0.1, 0.15) is 19.0 Å². The molecule has 106 valence electrons. The number of rotatable bonds is 3. The highest BCUT2D eigenvalue weighted by Gasteiger charge is 2.14. The van der Waals surface area contributed by atoms with Gasteiger partial charge in [0.15, 0.2) is 0 Å². The van der Waals surface area contributed by atoms with Crippen LogP contribution in [0.5, 0.6) is 0 Å². The molecule has 0 unspecified atom stereocenters. The summed E-state index contributed by atoms with van der Waals surface area (Å²) in [4.78, 5) is 14.2. The van der Waals surface area contributed by atoms with Crippen LogP contribution in [0.25, 0.3) is 11.0 Å². The molecular formula is C16H22N4. The zero-order valence-electron chi connectivity index (χ0n) is 12.1. The lowest BCUT2D eigenvalue weighted by Gasteiger charge is -2.20. The molecule has 1 aliphatic rings. The van der Waals surface area contributed by atoms with Crippen molar-refractivity contribution in [1.82, 2.24) is 19.8 Å². The molecule has 0 bridgehead atoms. The van der Waals surface area contributed by atoms with E-state index in [-0.39, 0.29) is 0 Å². The smallest absolute Gasteiger partial charge is 0.0890 e. The van der Waals surface area contributed by atoms with Gasteiger partial charge < -0.3 is 4.90 Å². The van der Waals surface area contributed by atoms with Crippen molar-refractivity contribution in [3.63, 3.8) is 0 Å². The van der Waals surface area contributed by atoms with E-state index in [2.05, 4.69) is 21.7 Å². The maximum atomic E-state index is 4.72. The standard InChI is InChI=1S/C16H22N4/c1-2-19-8-5-9-20(11-10-19)13-14-12-17-15-6-3-4-7-16(15)18-14/h3-4,6-7,12H,2,5,8-11,13H2,1H3. The molecular weight excluding hydrogens is 248 g/mol. The molecule has 4 nitrogen and oxygen atoms in total. The predicted octanol–water partition coefficient (Wildman–Crippen LogP) is 2.16. The van der Waals surface area contributed by atoms with Crippen LogP contribution in [0.3, 0.4) is 0 Å². The van der Waals surface area contributed by atoms with Gasteiger partial charge in [0.1, 0.15) is 0 Å². The molecule has 0 saturated carbocycles. The number of para-hydroxylation sites is 2. The van der Waals surface area contributed by atoms with Gasteiger partial charge in [-0.25, -0.2) is 4.98 Å². The van der Waals surface area contributed by atoms with Crippen molar-refractivity contribution >= 4 is 11.0 Å². The van der Waals surface area contributed by atoms with Crippen molar-refractivity contribution < 1.29 is 0 Å². The highest BCUT2D eigenvalue weighted by Crippen LogP contribution is 2.11. The summed E-state index contributed by atoms with van der Waals surface area (Å²) in [5.74, 6) is 0. The van der Waals surface area contributed by atoms with Gasteiger partial charge in [-0.15, -0.1) is 0 Å². The van der Waals surface area contributed by atoms with E-state index in [1.165, 1.54) is 13.0 Å². The highest BCUT2D eigenvalue weighted by atomic mass is 15.2. The number of aromatic nitrogens is 2. The summed E-state index contributed by atoms with van der Waals surface area (Å²) in [5.41, 5.74) is 3.05. The van der Waals surface area contributed by atoms with Crippen molar-refractivity contribution in [3.05, 3.63) is 36.2 Å². The van der Waals surface area contributed by atoms with Crippen LogP contribution in [-0.4, -0.2) is 52.5 Å². The Morgan fingerprint density at radius 1 is 1.00 bits per heavy atom. The largest absolute Gasteiger partial charge is 0.302 e. The Kier molecular flexibility index (Phi) is 4.23. The molecule has 2 heterocycles. The quantitative estimate of drug-likeness (QED) is 0.855. The number of hydrogen-bond acceptors (Lipinski definition) is 4. The minimum absolute atomic E-state index is 0.912. The number of nitrogens with zero attached hydrogens (tertiary/aromatic N) is 4. The molecule has 0 N–H and O–H groups in total. The van der Waals surface area contributed by atoms with E-state index < -0.39 is 0 Å². The van der Waals surface area contributed by atoms with Gasteiger partial charge in [0, 0.05) is 19.6 Å². The minimum Gasteiger partial charge on any atom is -0.302 e. The summed E-state index contributed by atoms with van der Waals surface area (Å²) >= 11 is 0. The molecule has 4 heteroatoms. The average Bonchev–Trinajstić information content (AvgIpc) is 2.72. The molecule has 1 aliphatic heterocycles. The fourth-order valence-electron chi connectivity index (χ4n) is 2.80. The lowest BCUT2D eigenvalue weighted by Crippen LogP contribution is -2.30. The van der Waals surface area contributed by atoms with E-state index in [0.29, 0.717) is 0 Å². The van der Waals surface area contributed by atoms with Gasteiger partial charge in [-0.05, 0) is 38.2 Å². The third-order valence-electron chi connectivity index (χ3n) is 4.01. The Morgan fingerprint density at radius 2 is 1.75 bits per heavy atom. The second-order valence-electron chi connectivity index (χ2n) is 5.41. The van der Waals surface area contributed by atoms with Crippen LogP contribution in [0.4, 0.5) is 0 Å². The Labute approximate surface area is 120 Å². The molecule has 0 radical (unpaired) electrons. The second-order valence-corrected chi connectivity index (χ2v) is 5.41. The number of fused-ring (bicyclic) bond motifs is 1. The molecule has 20 heavy (non-hydrogen) atoms. The van der Waals surface area contributed by atoms with Crippen molar-refractivity contribution in [1.29, 1.82) is 0 Å². The fourth-order valence-corrected chi connectivity index (χ4v) is 2.80. The van der Waals surface area contributed by atoms with Gasteiger partial charge in [-0.2, -0.15) is 0 Å². The summed E-state index contributed by atoms with van der Waals surface area (Å²) in [6.45, 7) is 8.98. The third-order valence-corrected chi connectivity index (χ3v) is 4.01. The van der Waals surface area contributed by atoms with Crippen molar-refractivity contribution in [3.8, 4) is 0 Å². The molecule has 0 amide bonds. The summed E-state index contributed by atoms with van der Waals surface area (Å²) in [5, 5.41) is 0. The van der Waals surface area contributed by atoms with Crippen LogP contribution in [0.2, 0.25) is 0 Å². The summed E-state index contributed by atoms with van der Waals surface area (Å²) < 4.78 is 0. The van der Waals surface area contributed by atoms with Gasteiger partial charge in [0.05, 0.1) is 22.9 Å². The number of benzene rings is 1.